The van der Waals surface area contributed by atoms with Gasteiger partial charge in [-0.1, -0.05) is 0 Å². The first kappa shape index (κ1) is 12.8. The summed E-state index contributed by atoms with van der Waals surface area (Å²) < 4.78 is 1.76. The molecule has 0 saturated carbocycles. The molecule has 1 heterocycles. The summed E-state index contributed by atoms with van der Waals surface area (Å²) in [6.45, 7) is 0.782. The summed E-state index contributed by atoms with van der Waals surface area (Å²) in [5, 5.41) is 4.01. The quantitative estimate of drug-likeness (QED) is 0.708. The molecule has 0 spiro atoms. The smallest absolute Gasteiger partial charge is 0.217 e. The number of aryl methyl sites for hydroxylation is 1. The monoisotopic (exact) mass is 218 g/mol. The highest BCUT2D eigenvalue weighted by Crippen LogP contribution is 2.00. The second-order valence-corrected chi connectivity index (χ2v) is 2.93. The van der Waals surface area contributed by atoms with Crippen LogP contribution in [0.2, 0.25) is 0 Å². The molecule has 0 radical (unpaired) electrons. The van der Waals surface area contributed by atoms with Gasteiger partial charge in [0, 0.05) is 19.2 Å². The highest BCUT2D eigenvalue weighted by Gasteiger charge is 1.96. The van der Waals surface area contributed by atoms with Crippen molar-refractivity contribution in [3.05, 3.63) is 12.3 Å². The predicted octanol–water partition coefficient (Wildman–Crippen LogP) is 0.543. The number of primary amides is 1. The van der Waals surface area contributed by atoms with Crippen molar-refractivity contribution in [2.45, 2.75) is 25.8 Å². The van der Waals surface area contributed by atoms with Gasteiger partial charge in [0.15, 0.2) is 0 Å². The summed E-state index contributed by atoms with van der Waals surface area (Å²) in [5.74, 6) is 0.273. The van der Waals surface area contributed by atoms with Gasteiger partial charge in [-0.2, -0.15) is 5.10 Å². The van der Waals surface area contributed by atoms with Gasteiger partial charge >= 0.3 is 0 Å². The number of rotatable bonds is 5. The number of nitrogens with two attached hydrogens (primary N) is 2. The third-order valence-corrected chi connectivity index (χ3v) is 1.72. The van der Waals surface area contributed by atoms with Crippen LogP contribution in [0.1, 0.15) is 19.3 Å². The van der Waals surface area contributed by atoms with Crippen molar-refractivity contribution in [2.24, 2.45) is 5.73 Å². The molecule has 0 atom stereocenters. The first-order valence-corrected chi connectivity index (χ1v) is 4.26. The van der Waals surface area contributed by atoms with Crippen LogP contribution in [0.3, 0.4) is 0 Å². The molecule has 0 aliphatic heterocycles. The molecule has 0 aromatic carbocycles. The van der Waals surface area contributed by atoms with Crippen molar-refractivity contribution in [3.8, 4) is 0 Å². The molecule has 0 unspecified atom stereocenters. The summed E-state index contributed by atoms with van der Waals surface area (Å²) in [6.07, 6.45) is 3.95. The van der Waals surface area contributed by atoms with Gasteiger partial charge in [-0.15, -0.1) is 12.4 Å². The Morgan fingerprint density at radius 1 is 1.50 bits per heavy atom. The molecule has 1 rings (SSSR count). The van der Waals surface area contributed by atoms with Crippen molar-refractivity contribution >= 4 is 24.1 Å². The minimum Gasteiger partial charge on any atom is -0.382 e. The molecule has 0 fully saturated rings. The SMILES string of the molecule is Cl.NC(=O)CCCCn1ccc(N)n1. The van der Waals surface area contributed by atoms with E-state index in [0.29, 0.717) is 12.2 Å². The largest absolute Gasteiger partial charge is 0.382 e. The van der Waals surface area contributed by atoms with E-state index < -0.39 is 0 Å². The Labute approximate surface area is 88.9 Å². The number of unbranched alkanes of at least 4 members (excludes halogenated alkanes) is 1. The highest BCUT2D eigenvalue weighted by molar-refractivity contribution is 5.85. The molecule has 1 aromatic rings. The van der Waals surface area contributed by atoms with E-state index in [1.807, 2.05) is 6.20 Å². The summed E-state index contributed by atoms with van der Waals surface area (Å²) in [4.78, 5) is 10.4. The molecule has 6 heteroatoms. The molecule has 0 aliphatic carbocycles. The number of anilines is 1. The van der Waals surface area contributed by atoms with Gasteiger partial charge in [0.25, 0.3) is 0 Å². The maximum atomic E-state index is 10.4. The fourth-order valence-electron chi connectivity index (χ4n) is 1.07. The lowest BCUT2D eigenvalue weighted by Crippen LogP contribution is -2.10. The third kappa shape index (κ3) is 4.71. The van der Waals surface area contributed by atoms with E-state index >= 15 is 0 Å². The number of nitrogen functional groups attached to an aromatic ring is 1. The molecule has 4 N–H and O–H groups in total. The van der Waals surface area contributed by atoms with Crippen LogP contribution in [0.4, 0.5) is 5.82 Å². The van der Waals surface area contributed by atoms with Gasteiger partial charge in [0.1, 0.15) is 5.82 Å². The molecule has 5 nitrogen and oxygen atoms in total. The van der Waals surface area contributed by atoms with Crippen LogP contribution in [-0.2, 0) is 11.3 Å². The number of carbonyl (C=O) groups is 1. The second-order valence-electron chi connectivity index (χ2n) is 2.93. The lowest BCUT2D eigenvalue weighted by Gasteiger charge is -1.99. The topological polar surface area (TPSA) is 86.9 Å². The van der Waals surface area contributed by atoms with Gasteiger partial charge in [-0.25, -0.2) is 0 Å². The Bertz CT molecular complexity index is 287. The average Bonchev–Trinajstić information content (AvgIpc) is 2.45. The highest BCUT2D eigenvalue weighted by atomic mass is 35.5. The van der Waals surface area contributed by atoms with E-state index in [4.69, 9.17) is 11.5 Å². The Balaban J connectivity index is 0.00000169. The Hall–Kier alpha value is -1.23. The lowest BCUT2D eigenvalue weighted by atomic mass is 10.2. The van der Waals surface area contributed by atoms with Crippen molar-refractivity contribution in [1.82, 2.24) is 9.78 Å². The van der Waals surface area contributed by atoms with Crippen LogP contribution in [-0.4, -0.2) is 15.7 Å². The zero-order valence-corrected chi connectivity index (χ0v) is 8.67. The normalized spacial score (nSPS) is 9.43. The number of carbonyl (C=O) groups excluding carboxylic acids is 1. The van der Waals surface area contributed by atoms with Crippen molar-refractivity contribution in [2.75, 3.05) is 5.73 Å². The maximum Gasteiger partial charge on any atom is 0.217 e. The Kier molecular flexibility index (Phi) is 5.71. The number of hydrogen-bond donors (Lipinski definition) is 2. The predicted molar refractivity (Wildman–Crippen MR) is 56.9 cm³/mol. The van der Waals surface area contributed by atoms with Crippen LogP contribution in [0.25, 0.3) is 0 Å². The molecule has 1 aromatic heterocycles. The summed E-state index contributed by atoms with van der Waals surface area (Å²) in [5.41, 5.74) is 10.4. The second kappa shape index (κ2) is 6.26. The zero-order chi connectivity index (χ0) is 9.68. The van der Waals surface area contributed by atoms with E-state index in [9.17, 15) is 4.79 Å². The fourth-order valence-corrected chi connectivity index (χ4v) is 1.07. The van der Waals surface area contributed by atoms with Crippen LogP contribution < -0.4 is 11.5 Å². The third-order valence-electron chi connectivity index (χ3n) is 1.72. The van der Waals surface area contributed by atoms with Crippen LogP contribution in [0.15, 0.2) is 12.3 Å². The summed E-state index contributed by atoms with van der Waals surface area (Å²) >= 11 is 0. The number of amides is 1. The van der Waals surface area contributed by atoms with Gasteiger partial charge in [-0.3, -0.25) is 9.48 Å². The van der Waals surface area contributed by atoms with Crippen LogP contribution in [0, 0.1) is 0 Å². The van der Waals surface area contributed by atoms with Gasteiger partial charge in [0.05, 0.1) is 0 Å². The van der Waals surface area contributed by atoms with E-state index in [0.717, 1.165) is 19.4 Å². The van der Waals surface area contributed by atoms with E-state index in [1.54, 1.807) is 10.7 Å². The van der Waals surface area contributed by atoms with Crippen LogP contribution >= 0.6 is 12.4 Å². The minimum atomic E-state index is -0.250. The van der Waals surface area contributed by atoms with E-state index in [2.05, 4.69) is 5.10 Å². The first-order chi connectivity index (χ1) is 6.18. The molecule has 0 bridgehead atoms. The summed E-state index contributed by atoms with van der Waals surface area (Å²) in [6, 6.07) is 1.74. The average molecular weight is 219 g/mol. The molecule has 0 saturated heterocycles. The molecule has 1 amide bonds. The molecule has 80 valence electrons. The number of nitrogens with zero attached hydrogens (tertiary/aromatic N) is 2. The fraction of sp³-hybridized carbons (Fsp3) is 0.500. The van der Waals surface area contributed by atoms with Crippen molar-refractivity contribution in [3.63, 3.8) is 0 Å². The van der Waals surface area contributed by atoms with Gasteiger partial charge in [-0.05, 0) is 18.9 Å². The van der Waals surface area contributed by atoms with Crippen molar-refractivity contribution < 1.29 is 4.79 Å². The van der Waals surface area contributed by atoms with Gasteiger partial charge < -0.3 is 11.5 Å². The molecule has 14 heavy (non-hydrogen) atoms. The minimum absolute atomic E-state index is 0. The standard InChI is InChI=1S/C8H14N4O.ClH/c9-7-4-6-12(11-7)5-2-1-3-8(10)13;/h4,6H,1-3,5H2,(H2,9,11)(H2,10,13);1H. The Morgan fingerprint density at radius 2 is 2.21 bits per heavy atom. The van der Waals surface area contributed by atoms with Gasteiger partial charge in [0.2, 0.25) is 5.91 Å². The summed E-state index contributed by atoms with van der Waals surface area (Å²) in [7, 11) is 0. The van der Waals surface area contributed by atoms with E-state index in [1.165, 1.54) is 0 Å². The van der Waals surface area contributed by atoms with Crippen molar-refractivity contribution in [1.29, 1.82) is 0 Å². The molecule has 0 aliphatic rings. The van der Waals surface area contributed by atoms with E-state index in [-0.39, 0.29) is 18.3 Å². The lowest BCUT2D eigenvalue weighted by molar-refractivity contribution is -0.118. The number of hydrogen-bond acceptors (Lipinski definition) is 3. The Morgan fingerprint density at radius 3 is 2.71 bits per heavy atom. The number of aromatic nitrogens is 2. The first-order valence-electron chi connectivity index (χ1n) is 4.26. The molecular formula is C8H15ClN4O. The van der Waals surface area contributed by atoms with Crippen LogP contribution in [0.5, 0.6) is 0 Å². The number of halogens is 1. The molecular weight excluding hydrogens is 204 g/mol. The maximum absolute atomic E-state index is 10.4. The zero-order valence-electron chi connectivity index (χ0n) is 7.85.